The summed E-state index contributed by atoms with van der Waals surface area (Å²) in [5, 5.41) is 7.98. The molecular formula is C16H20N2O6S2. The number of methoxy groups -OCH3 is 1. The third kappa shape index (κ3) is 5.35. The first kappa shape index (κ1) is 20.0. The van der Waals surface area contributed by atoms with Crippen LogP contribution in [-0.2, 0) is 19.9 Å². The van der Waals surface area contributed by atoms with Crippen molar-refractivity contribution in [2.24, 2.45) is 5.14 Å². The normalized spacial score (nSPS) is 11.8. The Hall–Kier alpha value is -2.30. The first-order chi connectivity index (χ1) is 12.1. The predicted octanol–water partition coefficient (Wildman–Crippen LogP) is 1.24. The number of sulfone groups is 1. The second-order valence-electron chi connectivity index (χ2n) is 5.43. The molecule has 3 N–H and O–H groups in total. The van der Waals surface area contributed by atoms with Gasteiger partial charge in [-0.05, 0) is 30.3 Å². The van der Waals surface area contributed by atoms with Crippen LogP contribution in [0.1, 0.15) is 0 Å². The number of anilines is 1. The van der Waals surface area contributed by atoms with E-state index in [1.54, 1.807) is 31.4 Å². The molecule has 0 aliphatic rings. The lowest BCUT2D eigenvalue weighted by atomic mass is 10.3. The summed E-state index contributed by atoms with van der Waals surface area (Å²) in [6.45, 7) is 0.557. The Bertz CT molecular complexity index is 988. The fourth-order valence-corrected chi connectivity index (χ4v) is 3.67. The lowest BCUT2D eigenvalue weighted by Gasteiger charge is -2.13. The summed E-state index contributed by atoms with van der Waals surface area (Å²) in [6.07, 6.45) is 0.993. The van der Waals surface area contributed by atoms with Crippen LogP contribution >= 0.6 is 0 Å². The summed E-state index contributed by atoms with van der Waals surface area (Å²) in [7, 11) is -6.10. The van der Waals surface area contributed by atoms with Gasteiger partial charge >= 0.3 is 0 Å². The Morgan fingerprint density at radius 2 is 1.73 bits per heavy atom. The molecule has 0 spiro atoms. The van der Waals surface area contributed by atoms with Crippen LogP contribution in [0.15, 0.2) is 52.3 Å². The van der Waals surface area contributed by atoms with Crippen LogP contribution in [0.2, 0.25) is 0 Å². The molecule has 26 heavy (non-hydrogen) atoms. The fourth-order valence-electron chi connectivity index (χ4n) is 2.18. The molecular weight excluding hydrogens is 380 g/mol. The van der Waals surface area contributed by atoms with Gasteiger partial charge in [0.15, 0.2) is 9.84 Å². The van der Waals surface area contributed by atoms with E-state index in [0.717, 1.165) is 12.3 Å². The minimum absolute atomic E-state index is 0.148. The molecule has 142 valence electrons. The summed E-state index contributed by atoms with van der Waals surface area (Å²) in [5.41, 5.74) is 0.272. The summed E-state index contributed by atoms with van der Waals surface area (Å²) in [4.78, 5) is -0.415. The maximum atomic E-state index is 11.9. The average molecular weight is 400 g/mol. The first-order valence-corrected chi connectivity index (χ1v) is 10.9. The highest BCUT2D eigenvalue weighted by molar-refractivity contribution is 7.91. The van der Waals surface area contributed by atoms with E-state index in [9.17, 15) is 16.8 Å². The molecule has 2 rings (SSSR count). The standard InChI is InChI=1S/C16H20N2O6S2/c1-23-12-4-3-5-13(10-12)24-9-8-18-15-7-6-14(26(17,21)22)11-16(15)25(2,19)20/h3-7,10-11,18H,8-9H2,1-2H3,(H2,17,21,22). The molecule has 0 unspecified atom stereocenters. The van der Waals surface area contributed by atoms with Gasteiger partial charge in [0.1, 0.15) is 18.1 Å². The second-order valence-corrected chi connectivity index (χ2v) is 8.97. The molecule has 10 heteroatoms. The highest BCUT2D eigenvalue weighted by atomic mass is 32.2. The maximum absolute atomic E-state index is 11.9. The van der Waals surface area contributed by atoms with E-state index in [1.165, 1.54) is 12.1 Å². The first-order valence-electron chi connectivity index (χ1n) is 7.49. The van der Waals surface area contributed by atoms with Crippen LogP contribution in [-0.4, -0.2) is 43.4 Å². The van der Waals surface area contributed by atoms with Gasteiger partial charge in [-0.3, -0.25) is 0 Å². The molecule has 0 atom stereocenters. The van der Waals surface area contributed by atoms with E-state index in [0.29, 0.717) is 18.0 Å². The zero-order chi connectivity index (χ0) is 19.4. The van der Waals surface area contributed by atoms with Gasteiger partial charge in [0.25, 0.3) is 0 Å². The number of benzene rings is 2. The molecule has 0 aliphatic heterocycles. The summed E-state index contributed by atoms with van der Waals surface area (Å²) in [5.74, 6) is 1.27. The topological polar surface area (TPSA) is 125 Å². The van der Waals surface area contributed by atoms with Crippen molar-refractivity contribution in [3.63, 3.8) is 0 Å². The minimum Gasteiger partial charge on any atom is -0.497 e. The van der Waals surface area contributed by atoms with Crippen molar-refractivity contribution >= 4 is 25.5 Å². The number of hydrogen-bond acceptors (Lipinski definition) is 7. The van der Waals surface area contributed by atoms with Gasteiger partial charge in [0, 0.05) is 18.9 Å². The molecule has 0 saturated carbocycles. The van der Waals surface area contributed by atoms with E-state index in [-0.39, 0.29) is 22.1 Å². The molecule has 0 radical (unpaired) electrons. The van der Waals surface area contributed by atoms with E-state index in [2.05, 4.69) is 5.32 Å². The maximum Gasteiger partial charge on any atom is 0.238 e. The van der Waals surface area contributed by atoms with Crippen LogP contribution in [0.3, 0.4) is 0 Å². The van der Waals surface area contributed by atoms with Gasteiger partial charge in [-0.2, -0.15) is 0 Å². The van der Waals surface area contributed by atoms with Crippen molar-refractivity contribution in [3.05, 3.63) is 42.5 Å². The Balaban J connectivity index is 2.09. The Labute approximate surface area is 152 Å². The average Bonchev–Trinajstić information content (AvgIpc) is 2.57. The van der Waals surface area contributed by atoms with E-state index in [4.69, 9.17) is 14.6 Å². The molecule has 0 heterocycles. The van der Waals surface area contributed by atoms with E-state index >= 15 is 0 Å². The summed E-state index contributed by atoms with van der Waals surface area (Å²) < 4.78 is 57.4. The number of sulfonamides is 1. The molecule has 0 aromatic heterocycles. The van der Waals surface area contributed by atoms with Crippen molar-refractivity contribution in [2.45, 2.75) is 9.79 Å². The highest BCUT2D eigenvalue weighted by Gasteiger charge is 2.18. The number of primary sulfonamides is 1. The van der Waals surface area contributed by atoms with Crippen molar-refractivity contribution in [3.8, 4) is 11.5 Å². The largest absolute Gasteiger partial charge is 0.497 e. The number of rotatable bonds is 8. The molecule has 0 fully saturated rings. The Kier molecular flexibility index (Phi) is 6.11. The molecule has 8 nitrogen and oxygen atoms in total. The van der Waals surface area contributed by atoms with E-state index in [1.807, 2.05) is 0 Å². The Morgan fingerprint density at radius 1 is 1.04 bits per heavy atom. The molecule has 0 amide bonds. The third-order valence-corrected chi connectivity index (χ3v) is 5.46. The predicted molar refractivity (Wildman–Crippen MR) is 97.9 cm³/mol. The van der Waals surface area contributed by atoms with Gasteiger partial charge < -0.3 is 14.8 Å². The minimum atomic E-state index is -4.00. The third-order valence-electron chi connectivity index (χ3n) is 3.41. The fraction of sp³-hybridized carbons (Fsp3) is 0.250. The van der Waals surface area contributed by atoms with Crippen molar-refractivity contribution in [1.29, 1.82) is 0 Å². The number of nitrogens with two attached hydrogens (primary N) is 1. The van der Waals surface area contributed by atoms with Crippen molar-refractivity contribution in [1.82, 2.24) is 0 Å². The van der Waals surface area contributed by atoms with E-state index < -0.39 is 19.9 Å². The van der Waals surface area contributed by atoms with Gasteiger partial charge in [-0.25, -0.2) is 22.0 Å². The quantitative estimate of drug-likeness (QED) is 0.639. The lowest BCUT2D eigenvalue weighted by molar-refractivity contribution is 0.329. The second kappa shape index (κ2) is 7.94. The van der Waals surface area contributed by atoms with Crippen LogP contribution < -0.4 is 19.9 Å². The van der Waals surface area contributed by atoms with Crippen LogP contribution in [0, 0.1) is 0 Å². The van der Waals surface area contributed by atoms with Crippen molar-refractivity contribution in [2.75, 3.05) is 31.8 Å². The zero-order valence-corrected chi connectivity index (χ0v) is 15.9. The SMILES string of the molecule is COc1cccc(OCCNc2ccc(S(N)(=O)=O)cc2S(C)(=O)=O)c1. The molecule has 2 aromatic carbocycles. The van der Waals surface area contributed by atoms with Gasteiger partial charge in [0.2, 0.25) is 10.0 Å². The van der Waals surface area contributed by atoms with Gasteiger partial charge in [-0.1, -0.05) is 6.07 Å². The number of hydrogen-bond donors (Lipinski definition) is 2. The molecule has 2 aromatic rings. The molecule has 0 aliphatic carbocycles. The van der Waals surface area contributed by atoms with Crippen LogP contribution in [0.5, 0.6) is 11.5 Å². The van der Waals surface area contributed by atoms with Crippen LogP contribution in [0.25, 0.3) is 0 Å². The molecule has 0 bridgehead atoms. The number of nitrogens with one attached hydrogen (secondary N) is 1. The smallest absolute Gasteiger partial charge is 0.238 e. The monoisotopic (exact) mass is 400 g/mol. The van der Waals surface area contributed by atoms with Gasteiger partial charge in [-0.15, -0.1) is 0 Å². The Morgan fingerprint density at radius 3 is 2.35 bits per heavy atom. The van der Waals surface area contributed by atoms with Crippen LogP contribution in [0.4, 0.5) is 5.69 Å². The van der Waals surface area contributed by atoms with Crippen molar-refractivity contribution < 1.29 is 26.3 Å². The lowest BCUT2D eigenvalue weighted by Crippen LogP contribution is -2.16. The molecule has 0 saturated heterocycles. The number of ether oxygens (including phenoxy) is 2. The van der Waals surface area contributed by atoms with Gasteiger partial charge in [0.05, 0.1) is 22.6 Å². The summed E-state index contributed by atoms with van der Waals surface area (Å²) >= 11 is 0. The summed E-state index contributed by atoms with van der Waals surface area (Å²) in [6, 6.07) is 10.7. The zero-order valence-electron chi connectivity index (χ0n) is 14.3. The highest BCUT2D eigenvalue weighted by Crippen LogP contribution is 2.24.